The van der Waals surface area contributed by atoms with Gasteiger partial charge in [0, 0.05) is 18.2 Å². The molecule has 0 aliphatic heterocycles. The van der Waals surface area contributed by atoms with Crippen molar-refractivity contribution in [3.63, 3.8) is 0 Å². The van der Waals surface area contributed by atoms with Crippen LogP contribution in [0.25, 0.3) is 0 Å². The van der Waals surface area contributed by atoms with E-state index in [9.17, 15) is 19.2 Å². The second kappa shape index (κ2) is 13.4. The summed E-state index contributed by atoms with van der Waals surface area (Å²) in [7, 11) is 0. The number of nitrogens with one attached hydrogen (secondary N) is 2. The van der Waals surface area contributed by atoms with Crippen LogP contribution >= 0.6 is 0 Å². The van der Waals surface area contributed by atoms with Gasteiger partial charge in [-0.3, -0.25) is 14.4 Å². The highest BCUT2D eigenvalue weighted by Gasteiger charge is 2.36. The van der Waals surface area contributed by atoms with E-state index in [4.69, 9.17) is 16.9 Å². The topological polar surface area (TPSA) is 131 Å². The molecule has 3 atom stereocenters. The van der Waals surface area contributed by atoms with Crippen LogP contribution in [0.5, 0.6) is 0 Å². The van der Waals surface area contributed by atoms with Gasteiger partial charge in [-0.1, -0.05) is 31.4 Å². The lowest BCUT2D eigenvalue weighted by Crippen LogP contribution is -2.54. The molecule has 3 unspecified atom stereocenters. The number of carbonyl (C=O) groups excluding carboxylic acids is 4. The maximum Gasteiger partial charge on any atom is 0.408 e. The van der Waals surface area contributed by atoms with Crippen molar-refractivity contribution in [1.29, 1.82) is 0 Å². The number of rotatable bonds is 11. The minimum absolute atomic E-state index is 0.116. The number of amides is 4. The van der Waals surface area contributed by atoms with E-state index < -0.39 is 42.0 Å². The Bertz CT molecular complexity index is 931. The quantitative estimate of drug-likeness (QED) is 0.414. The van der Waals surface area contributed by atoms with E-state index in [-0.39, 0.29) is 18.5 Å². The summed E-state index contributed by atoms with van der Waals surface area (Å²) in [6.07, 6.45) is 5.77. The third kappa shape index (κ3) is 9.69. The highest BCUT2D eigenvalue weighted by atomic mass is 16.6. The summed E-state index contributed by atoms with van der Waals surface area (Å²) < 4.78 is 5.24. The molecule has 0 fully saturated rings. The van der Waals surface area contributed by atoms with Crippen molar-refractivity contribution in [2.75, 3.05) is 6.54 Å². The van der Waals surface area contributed by atoms with Crippen molar-refractivity contribution < 1.29 is 23.9 Å². The van der Waals surface area contributed by atoms with Gasteiger partial charge in [0.15, 0.2) is 0 Å². The van der Waals surface area contributed by atoms with Crippen LogP contribution in [0.15, 0.2) is 24.3 Å². The van der Waals surface area contributed by atoms with Crippen molar-refractivity contribution in [1.82, 2.24) is 15.5 Å². The molecule has 9 heteroatoms. The Balaban J connectivity index is 3.39. The first-order valence-corrected chi connectivity index (χ1v) is 11.8. The second-order valence-electron chi connectivity index (χ2n) is 9.36. The largest absolute Gasteiger partial charge is 0.444 e. The Hall–Kier alpha value is -3.54. The number of nitrogens with two attached hydrogens (primary N) is 1. The van der Waals surface area contributed by atoms with Crippen LogP contribution in [0.3, 0.4) is 0 Å². The second-order valence-corrected chi connectivity index (χ2v) is 9.36. The van der Waals surface area contributed by atoms with Crippen molar-refractivity contribution in [3.05, 3.63) is 35.4 Å². The average molecular weight is 487 g/mol. The number of ether oxygens (including phenoxy) is 1. The van der Waals surface area contributed by atoms with Crippen LogP contribution in [-0.2, 0) is 19.1 Å². The minimum atomic E-state index is -1.31. The minimum Gasteiger partial charge on any atom is -0.444 e. The SMILES string of the molecule is C#Cc1ccc(C(C(=O)NC(C)CCC)N(CC)C(=O)C(CC(N)=O)NC(=O)OC(C)(C)C)cc1. The Morgan fingerprint density at radius 3 is 2.17 bits per heavy atom. The van der Waals surface area contributed by atoms with E-state index in [0.717, 1.165) is 12.8 Å². The van der Waals surface area contributed by atoms with E-state index in [0.29, 0.717) is 11.1 Å². The van der Waals surface area contributed by atoms with E-state index >= 15 is 0 Å². The number of hydrogen-bond donors (Lipinski definition) is 3. The summed E-state index contributed by atoms with van der Waals surface area (Å²) in [6, 6.07) is 4.29. The highest BCUT2D eigenvalue weighted by Crippen LogP contribution is 2.24. The number of terminal acetylenes is 1. The van der Waals surface area contributed by atoms with Gasteiger partial charge in [-0.25, -0.2) is 4.79 Å². The molecule has 0 heterocycles. The van der Waals surface area contributed by atoms with Gasteiger partial charge in [-0.15, -0.1) is 6.42 Å². The number of carbonyl (C=O) groups is 4. The molecule has 9 nitrogen and oxygen atoms in total. The van der Waals surface area contributed by atoms with Crippen LogP contribution in [-0.4, -0.2) is 52.9 Å². The molecule has 4 N–H and O–H groups in total. The summed E-state index contributed by atoms with van der Waals surface area (Å²) >= 11 is 0. The Morgan fingerprint density at radius 2 is 1.71 bits per heavy atom. The smallest absolute Gasteiger partial charge is 0.408 e. The molecule has 192 valence electrons. The fraction of sp³-hybridized carbons (Fsp3) is 0.538. The van der Waals surface area contributed by atoms with Crippen LogP contribution in [0, 0.1) is 12.3 Å². The number of likely N-dealkylation sites (N-methyl/N-ethyl adjacent to an activating group) is 1. The molecule has 35 heavy (non-hydrogen) atoms. The Labute approximate surface area is 208 Å². The molecule has 4 amide bonds. The van der Waals surface area contributed by atoms with Gasteiger partial charge in [0.25, 0.3) is 0 Å². The molecular formula is C26H38N4O5. The number of hydrogen-bond acceptors (Lipinski definition) is 5. The molecule has 0 radical (unpaired) electrons. The summed E-state index contributed by atoms with van der Waals surface area (Å²) in [5.74, 6) is 0.716. The Morgan fingerprint density at radius 1 is 1.11 bits per heavy atom. The maximum absolute atomic E-state index is 13.6. The van der Waals surface area contributed by atoms with E-state index in [1.54, 1.807) is 52.0 Å². The van der Waals surface area contributed by atoms with Crippen molar-refractivity contribution in [3.8, 4) is 12.3 Å². The van der Waals surface area contributed by atoms with Crippen LogP contribution < -0.4 is 16.4 Å². The van der Waals surface area contributed by atoms with Gasteiger partial charge < -0.3 is 26.0 Å². The summed E-state index contributed by atoms with van der Waals surface area (Å²) in [4.78, 5) is 52.4. The molecular weight excluding hydrogens is 448 g/mol. The van der Waals surface area contributed by atoms with E-state index in [1.165, 1.54) is 4.90 Å². The zero-order chi connectivity index (χ0) is 26.8. The van der Waals surface area contributed by atoms with E-state index in [1.807, 2.05) is 13.8 Å². The molecule has 1 aromatic rings. The van der Waals surface area contributed by atoms with Crippen molar-refractivity contribution in [2.24, 2.45) is 5.73 Å². The van der Waals surface area contributed by atoms with Crippen molar-refractivity contribution in [2.45, 2.75) is 84.5 Å². The summed E-state index contributed by atoms with van der Waals surface area (Å²) in [5.41, 5.74) is 5.70. The van der Waals surface area contributed by atoms with Gasteiger partial charge in [0.05, 0.1) is 6.42 Å². The third-order valence-electron chi connectivity index (χ3n) is 5.08. The molecule has 0 aliphatic carbocycles. The summed E-state index contributed by atoms with van der Waals surface area (Å²) in [6.45, 7) is 10.8. The van der Waals surface area contributed by atoms with Crippen LogP contribution in [0.2, 0.25) is 0 Å². The lowest BCUT2D eigenvalue weighted by molar-refractivity contribution is -0.143. The van der Waals surface area contributed by atoms with Crippen molar-refractivity contribution >= 4 is 23.8 Å². The molecule has 0 saturated heterocycles. The first kappa shape index (κ1) is 29.5. The molecule has 0 spiro atoms. The standard InChI is InChI=1S/C26H38N4O5/c1-8-11-17(4)28-23(32)22(19-14-12-18(9-2)13-15-19)30(10-3)24(33)20(16-21(27)31)29-25(34)35-26(5,6)7/h2,12-15,17,20,22H,8,10-11,16H2,1,3-7H3,(H2,27,31)(H,28,32)(H,29,34). The van der Waals surface area contributed by atoms with Gasteiger partial charge in [-0.05, 0) is 58.7 Å². The summed E-state index contributed by atoms with van der Waals surface area (Å²) in [5, 5.41) is 5.39. The fourth-order valence-electron chi connectivity index (χ4n) is 3.58. The Kier molecular flexibility index (Phi) is 11.3. The van der Waals surface area contributed by atoms with Gasteiger partial charge >= 0.3 is 6.09 Å². The molecule has 0 aliphatic rings. The number of benzene rings is 1. The fourth-order valence-corrected chi connectivity index (χ4v) is 3.58. The highest BCUT2D eigenvalue weighted by molar-refractivity contribution is 5.94. The average Bonchev–Trinajstić information content (AvgIpc) is 2.75. The first-order valence-electron chi connectivity index (χ1n) is 11.8. The molecule has 1 rings (SSSR count). The lowest BCUT2D eigenvalue weighted by Gasteiger charge is -2.34. The first-order chi connectivity index (χ1) is 16.3. The predicted octanol–water partition coefficient (Wildman–Crippen LogP) is 2.63. The number of primary amides is 1. The number of nitrogens with zero attached hydrogens (tertiary/aromatic N) is 1. The zero-order valence-electron chi connectivity index (χ0n) is 21.5. The van der Waals surface area contributed by atoms with Gasteiger partial charge in [0.2, 0.25) is 17.7 Å². The monoisotopic (exact) mass is 486 g/mol. The van der Waals surface area contributed by atoms with Gasteiger partial charge in [0.1, 0.15) is 17.7 Å². The molecule has 1 aromatic carbocycles. The predicted molar refractivity (Wildman–Crippen MR) is 134 cm³/mol. The molecule has 0 aromatic heterocycles. The lowest BCUT2D eigenvalue weighted by atomic mass is 10.00. The number of alkyl carbamates (subject to hydrolysis) is 1. The maximum atomic E-state index is 13.6. The zero-order valence-corrected chi connectivity index (χ0v) is 21.5. The van der Waals surface area contributed by atoms with Crippen LogP contribution in [0.1, 0.15) is 78.0 Å². The van der Waals surface area contributed by atoms with Gasteiger partial charge in [-0.2, -0.15) is 0 Å². The molecule has 0 saturated carbocycles. The van der Waals surface area contributed by atoms with E-state index in [2.05, 4.69) is 16.6 Å². The third-order valence-corrected chi connectivity index (χ3v) is 5.08. The molecule has 0 bridgehead atoms. The van der Waals surface area contributed by atoms with Crippen LogP contribution in [0.4, 0.5) is 4.79 Å². The normalized spacial score (nSPS) is 13.5.